The number of fused-ring (bicyclic) bond motifs is 1. The predicted molar refractivity (Wildman–Crippen MR) is 99.5 cm³/mol. The van der Waals surface area contributed by atoms with Gasteiger partial charge in [0, 0.05) is 6.42 Å². The van der Waals surface area contributed by atoms with Crippen LogP contribution in [0.3, 0.4) is 0 Å². The largest absolute Gasteiger partial charge is 0.490 e. The Morgan fingerprint density at radius 1 is 1.15 bits per heavy atom. The Morgan fingerprint density at radius 3 is 2.74 bits per heavy atom. The number of hydrogen-bond acceptors (Lipinski definition) is 6. The van der Waals surface area contributed by atoms with Gasteiger partial charge in [-0.1, -0.05) is 6.07 Å². The fourth-order valence-corrected chi connectivity index (χ4v) is 3.40. The molecule has 0 bridgehead atoms. The molecule has 27 heavy (non-hydrogen) atoms. The summed E-state index contributed by atoms with van der Waals surface area (Å²) in [7, 11) is 0. The maximum atomic E-state index is 12.7. The molecule has 3 unspecified atom stereocenters. The van der Waals surface area contributed by atoms with E-state index in [9.17, 15) is 4.79 Å². The predicted octanol–water partition coefficient (Wildman–Crippen LogP) is 2.53. The molecule has 2 aliphatic heterocycles. The Kier molecular flexibility index (Phi) is 5.05. The van der Waals surface area contributed by atoms with Gasteiger partial charge in [-0.2, -0.15) is 0 Å². The van der Waals surface area contributed by atoms with Crippen molar-refractivity contribution < 1.29 is 18.7 Å². The molecule has 0 spiro atoms. The lowest BCUT2D eigenvalue weighted by molar-refractivity contribution is -0.123. The second-order valence-electron chi connectivity index (χ2n) is 7.06. The molecule has 3 N–H and O–H groups in total. The Balaban J connectivity index is 1.37. The SMILES string of the molecule is Cc1ccc(C2CC(C(=O)NC(C)c3ccc4c(c3)OCCCO4)NN2)o1. The van der Waals surface area contributed by atoms with Crippen LogP contribution in [0.1, 0.15) is 48.9 Å². The van der Waals surface area contributed by atoms with Crippen molar-refractivity contribution in [2.45, 2.75) is 44.8 Å². The van der Waals surface area contributed by atoms with E-state index in [1.54, 1.807) is 0 Å². The van der Waals surface area contributed by atoms with Crippen molar-refractivity contribution in [1.82, 2.24) is 16.2 Å². The fraction of sp³-hybridized carbons (Fsp3) is 0.450. The first-order valence-corrected chi connectivity index (χ1v) is 9.37. The smallest absolute Gasteiger partial charge is 0.239 e. The molecular weight excluding hydrogens is 346 g/mol. The summed E-state index contributed by atoms with van der Waals surface area (Å²) in [6.45, 7) is 5.18. The average molecular weight is 371 g/mol. The van der Waals surface area contributed by atoms with Crippen LogP contribution in [-0.4, -0.2) is 25.2 Å². The van der Waals surface area contributed by atoms with Crippen LogP contribution in [0.4, 0.5) is 0 Å². The maximum absolute atomic E-state index is 12.7. The van der Waals surface area contributed by atoms with Gasteiger partial charge in [-0.25, -0.2) is 10.9 Å². The van der Waals surface area contributed by atoms with Crippen LogP contribution in [0.5, 0.6) is 11.5 Å². The van der Waals surface area contributed by atoms with E-state index in [0.29, 0.717) is 19.6 Å². The molecule has 0 radical (unpaired) electrons. The summed E-state index contributed by atoms with van der Waals surface area (Å²) in [5, 5.41) is 3.07. The molecule has 1 aromatic carbocycles. The Morgan fingerprint density at radius 2 is 1.96 bits per heavy atom. The number of aryl methyl sites for hydroxylation is 1. The molecule has 1 fully saturated rings. The quantitative estimate of drug-likeness (QED) is 0.766. The number of furan rings is 1. The van der Waals surface area contributed by atoms with Gasteiger partial charge in [0.1, 0.15) is 17.6 Å². The second-order valence-corrected chi connectivity index (χ2v) is 7.06. The zero-order valence-corrected chi connectivity index (χ0v) is 15.6. The van der Waals surface area contributed by atoms with Crippen LogP contribution < -0.4 is 25.6 Å². The van der Waals surface area contributed by atoms with Crippen molar-refractivity contribution in [2.24, 2.45) is 0 Å². The van der Waals surface area contributed by atoms with E-state index in [4.69, 9.17) is 13.9 Å². The third-order valence-corrected chi connectivity index (χ3v) is 4.95. The number of hydrazine groups is 1. The molecule has 7 heteroatoms. The van der Waals surface area contributed by atoms with Gasteiger partial charge >= 0.3 is 0 Å². The van der Waals surface area contributed by atoms with Crippen molar-refractivity contribution in [2.75, 3.05) is 13.2 Å². The van der Waals surface area contributed by atoms with Gasteiger partial charge in [0.2, 0.25) is 5.91 Å². The highest BCUT2D eigenvalue weighted by Crippen LogP contribution is 2.32. The van der Waals surface area contributed by atoms with E-state index < -0.39 is 0 Å². The molecular formula is C20H25N3O4. The number of rotatable bonds is 4. The van der Waals surface area contributed by atoms with Gasteiger partial charge in [-0.15, -0.1) is 0 Å². The molecule has 4 rings (SSSR count). The van der Waals surface area contributed by atoms with Crippen molar-refractivity contribution in [3.8, 4) is 11.5 Å². The normalized spacial score (nSPS) is 22.9. The highest BCUT2D eigenvalue weighted by Gasteiger charge is 2.32. The summed E-state index contributed by atoms with van der Waals surface area (Å²) in [4.78, 5) is 12.7. The monoisotopic (exact) mass is 371 g/mol. The van der Waals surface area contributed by atoms with Gasteiger partial charge < -0.3 is 19.2 Å². The van der Waals surface area contributed by atoms with Crippen LogP contribution >= 0.6 is 0 Å². The molecule has 1 saturated heterocycles. The molecule has 1 amide bonds. The zero-order valence-electron chi connectivity index (χ0n) is 15.6. The lowest BCUT2D eigenvalue weighted by atomic mass is 10.1. The number of hydrogen-bond donors (Lipinski definition) is 3. The van der Waals surface area contributed by atoms with E-state index in [1.807, 2.05) is 44.2 Å². The topological polar surface area (TPSA) is 84.8 Å². The van der Waals surface area contributed by atoms with E-state index >= 15 is 0 Å². The first-order valence-electron chi connectivity index (χ1n) is 9.37. The van der Waals surface area contributed by atoms with Crippen LogP contribution in [0.15, 0.2) is 34.7 Å². The average Bonchev–Trinajstić information content (AvgIpc) is 3.25. The van der Waals surface area contributed by atoms with Crippen LogP contribution in [0.25, 0.3) is 0 Å². The van der Waals surface area contributed by atoms with Crippen LogP contribution in [-0.2, 0) is 4.79 Å². The van der Waals surface area contributed by atoms with Gasteiger partial charge in [0.25, 0.3) is 0 Å². The van der Waals surface area contributed by atoms with Crippen molar-refractivity contribution in [3.05, 3.63) is 47.4 Å². The summed E-state index contributed by atoms with van der Waals surface area (Å²) >= 11 is 0. The number of ether oxygens (including phenoxy) is 2. The zero-order chi connectivity index (χ0) is 18.8. The number of benzene rings is 1. The number of amides is 1. The van der Waals surface area contributed by atoms with E-state index in [0.717, 1.165) is 35.0 Å². The summed E-state index contributed by atoms with van der Waals surface area (Å²) in [6.07, 6.45) is 1.50. The molecule has 3 heterocycles. The van der Waals surface area contributed by atoms with E-state index in [-0.39, 0.29) is 24.0 Å². The Labute approximate surface area is 158 Å². The third kappa shape index (κ3) is 3.94. The molecule has 7 nitrogen and oxygen atoms in total. The molecule has 3 atom stereocenters. The summed E-state index contributed by atoms with van der Waals surface area (Å²) in [5.41, 5.74) is 7.18. The lowest BCUT2D eigenvalue weighted by Gasteiger charge is -2.18. The summed E-state index contributed by atoms with van der Waals surface area (Å²) in [6, 6.07) is 9.22. The summed E-state index contributed by atoms with van der Waals surface area (Å²) < 4.78 is 17.0. The molecule has 2 aromatic rings. The molecule has 1 aromatic heterocycles. The van der Waals surface area contributed by atoms with Gasteiger partial charge in [0.15, 0.2) is 11.5 Å². The molecule has 0 saturated carbocycles. The minimum atomic E-state index is -0.316. The van der Waals surface area contributed by atoms with Crippen molar-refractivity contribution >= 4 is 5.91 Å². The van der Waals surface area contributed by atoms with Crippen molar-refractivity contribution in [1.29, 1.82) is 0 Å². The Hall–Kier alpha value is -2.51. The van der Waals surface area contributed by atoms with Crippen molar-refractivity contribution in [3.63, 3.8) is 0 Å². The minimum Gasteiger partial charge on any atom is -0.490 e. The molecule has 2 aliphatic rings. The highest BCUT2D eigenvalue weighted by atomic mass is 16.5. The number of nitrogens with one attached hydrogen (secondary N) is 3. The van der Waals surface area contributed by atoms with E-state index in [2.05, 4.69) is 16.2 Å². The fourth-order valence-electron chi connectivity index (χ4n) is 3.40. The third-order valence-electron chi connectivity index (χ3n) is 4.95. The minimum absolute atomic E-state index is 0.0113. The van der Waals surface area contributed by atoms with Gasteiger partial charge in [-0.05, 0) is 50.1 Å². The van der Waals surface area contributed by atoms with Crippen LogP contribution in [0.2, 0.25) is 0 Å². The van der Waals surface area contributed by atoms with E-state index in [1.165, 1.54) is 0 Å². The number of carbonyl (C=O) groups excluding carboxylic acids is 1. The Bertz CT molecular complexity index is 819. The standard InChI is InChI=1S/C20H25N3O4/c1-12-4-6-17(27-12)15-11-16(23-22-15)20(24)21-13(2)14-5-7-18-19(10-14)26-9-3-8-25-18/h4-7,10,13,15-16,22-23H,3,8-9,11H2,1-2H3,(H,21,24). The highest BCUT2D eigenvalue weighted by molar-refractivity contribution is 5.82. The lowest BCUT2D eigenvalue weighted by Crippen LogP contribution is -2.43. The second kappa shape index (κ2) is 7.62. The van der Waals surface area contributed by atoms with Gasteiger partial charge in [0.05, 0.1) is 25.3 Å². The maximum Gasteiger partial charge on any atom is 0.239 e. The van der Waals surface area contributed by atoms with Crippen LogP contribution in [0, 0.1) is 6.92 Å². The first-order chi connectivity index (χ1) is 13.1. The first kappa shape index (κ1) is 17.9. The number of carbonyl (C=O) groups is 1. The van der Waals surface area contributed by atoms with Gasteiger partial charge in [-0.3, -0.25) is 4.79 Å². The summed E-state index contributed by atoms with van der Waals surface area (Å²) in [5.74, 6) is 3.15. The molecule has 0 aliphatic carbocycles. The molecule has 144 valence electrons.